The number of carbonyl (C=O) groups is 3. The zero-order chi connectivity index (χ0) is 31.4. The summed E-state index contributed by atoms with van der Waals surface area (Å²) in [7, 11) is 3.18. The maximum Gasteiger partial charge on any atom is 0.303 e. The van der Waals surface area contributed by atoms with Gasteiger partial charge in [0.15, 0.2) is 6.10 Å². The van der Waals surface area contributed by atoms with Crippen LogP contribution in [0.1, 0.15) is 37.0 Å². The molecule has 44 heavy (non-hydrogen) atoms. The summed E-state index contributed by atoms with van der Waals surface area (Å²) in [6.45, 7) is 3.64. The van der Waals surface area contributed by atoms with Crippen LogP contribution in [0.15, 0.2) is 78.9 Å². The SMILES string of the molecule is CCCNC(=O)C1C2OC(C(OC(c3ccccc3)(c3ccc(OC)cc3)c3ccc(OC)cc3)C2OC(C)=O)C1C(N)=O. The summed E-state index contributed by atoms with van der Waals surface area (Å²) in [6, 6.07) is 24.5. The van der Waals surface area contributed by atoms with E-state index >= 15 is 0 Å². The summed E-state index contributed by atoms with van der Waals surface area (Å²) in [6.07, 6.45) is -3.16. The second-order valence-electron chi connectivity index (χ2n) is 11.0. The number of rotatable bonds is 12. The molecule has 0 aliphatic carbocycles. The number of benzene rings is 3. The van der Waals surface area contributed by atoms with Crippen LogP contribution in [0.5, 0.6) is 11.5 Å². The Kier molecular flexibility index (Phi) is 9.22. The van der Waals surface area contributed by atoms with Gasteiger partial charge in [-0.3, -0.25) is 14.4 Å². The maximum atomic E-state index is 13.3. The Morgan fingerprint density at radius 1 is 0.795 bits per heavy atom. The van der Waals surface area contributed by atoms with Crippen molar-refractivity contribution in [2.45, 2.75) is 50.3 Å². The number of fused-ring (bicyclic) bond motifs is 2. The van der Waals surface area contributed by atoms with Crippen molar-refractivity contribution >= 4 is 17.8 Å². The van der Waals surface area contributed by atoms with Gasteiger partial charge in [0.2, 0.25) is 11.8 Å². The van der Waals surface area contributed by atoms with Crippen molar-refractivity contribution in [1.29, 1.82) is 0 Å². The molecule has 5 rings (SSSR count). The lowest BCUT2D eigenvalue weighted by molar-refractivity contribution is -0.171. The Hall–Kier alpha value is -4.41. The van der Waals surface area contributed by atoms with E-state index in [1.807, 2.05) is 85.8 Å². The highest BCUT2D eigenvalue weighted by molar-refractivity contribution is 5.89. The fourth-order valence-electron chi connectivity index (χ4n) is 6.41. The molecule has 3 aromatic rings. The standard InChI is InChI=1S/C34H38N2O8/c1-5-19-36-33(39)27-26(32(35)38)28-31(30(29(27)43-28)42-20(2)37)44-34(21-9-7-6-8-10-21,22-11-15-24(40-3)16-12-22)23-13-17-25(41-4)18-14-23/h6-18,26-31H,5,19H2,1-4H3,(H2,35,38)(H,36,39). The van der Waals surface area contributed by atoms with Crippen LogP contribution >= 0.6 is 0 Å². The van der Waals surface area contributed by atoms with Crippen LogP contribution in [-0.4, -0.2) is 63.0 Å². The molecule has 0 aromatic heterocycles. The van der Waals surface area contributed by atoms with Crippen LogP contribution in [0.25, 0.3) is 0 Å². The van der Waals surface area contributed by atoms with Crippen molar-refractivity contribution in [2.24, 2.45) is 17.6 Å². The number of esters is 1. The molecule has 2 aliphatic rings. The van der Waals surface area contributed by atoms with E-state index in [0.717, 1.165) is 16.7 Å². The van der Waals surface area contributed by atoms with Crippen molar-refractivity contribution in [3.63, 3.8) is 0 Å². The monoisotopic (exact) mass is 602 g/mol. The molecule has 2 saturated heterocycles. The third kappa shape index (κ3) is 5.62. The van der Waals surface area contributed by atoms with Gasteiger partial charge >= 0.3 is 5.97 Å². The van der Waals surface area contributed by atoms with E-state index in [-0.39, 0.29) is 5.91 Å². The first-order valence-electron chi connectivity index (χ1n) is 14.7. The Morgan fingerprint density at radius 3 is 1.80 bits per heavy atom. The van der Waals surface area contributed by atoms with Gasteiger partial charge in [0, 0.05) is 13.5 Å². The number of ether oxygens (including phenoxy) is 5. The number of methoxy groups -OCH3 is 2. The minimum atomic E-state index is -1.29. The molecule has 6 unspecified atom stereocenters. The predicted molar refractivity (Wildman–Crippen MR) is 161 cm³/mol. The smallest absolute Gasteiger partial charge is 0.303 e. The molecule has 0 spiro atoms. The largest absolute Gasteiger partial charge is 0.497 e. The van der Waals surface area contributed by atoms with Crippen LogP contribution in [0.4, 0.5) is 0 Å². The highest BCUT2D eigenvalue weighted by Crippen LogP contribution is 2.51. The Bertz CT molecular complexity index is 1410. The Balaban J connectivity index is 1.69. The zero-order valence-electron chi connectivity index (χ0n) is 25.2. The summed E-state index contributed by atoms with van der Waals surface area (Å²) in [4.78, 5) is 38.7. The number of nitrogens with two attached hydrogens (primary N) is 1. The van der Waals surface area contributed by atoms with E-state index in [0.29, 0.717) is 24.5 Å². The molecule has 2 aliphatic heterocycles. The molecule has 2 amide bonds. The molecule has 2 fully saturated rings. The first-order chi connectivity index (χ1) is 21.2. The van der Waals surface area contributed by atoms with Crippen LogP contribution in [0.3, 0.4) is 0 Å². The number of nitrogens with one attached hydrogen (secondary N) is 1. The molecule has 0 radical (unpaired) electrons. The number of primary amides is 1. The van der Waals surface area contributed by atoms with Crippen molar-refractivity contribution in [3.8, 4) is 11.5 Å². The second kappa shape index (κ2) is 13.1. The topological polar surface area (TPSA) is 135 Å². The molecule has 10 heteroatoms. The average Bonchev–Trinajstić information content (AvgIpc) is 3.59. The first kappa shape index (κ1) is 31.0. The Morgan fingerprint density at radius 2 is 1.32 bits per heavy atom. The molecule has 232 valence electrons. The van der Waals surface area contributed by atoms with Crippen LogP contribution in [0.2, 0.25) is 0 Å². The quantitative estimate of drug-likeness (QED) is 0.238. The van der Waals surface area contributed by atoms with E-state index in [1.165, 1.54) is 6.92 Å². The van der Waals surface area contributed by atoms with Gasteiger partial charge in [0.1, 0.15) is 35.4 Å². The predicted octanol–water partition coefficient (Wildman–Crippen LogP) is 3.34. The molecule has 2 bridgehead atoms. The lowest BCUT2D eigenvalue weighted by Crippen LogP contribution is -2.58. The molecule has 0 saturated carbocycles. The third-order valence-corrected chi connectivity index (χ3v) is 8.35. The molecular formula is C34H38N2O8. The van der Waals surface area contributed by atoms with Gasteiger partial charge in [0.05, 0.1) is 26.1 Å². The fourth-order valence-corrected chi connectivity index (χ4v) is 6.41. The molecule has 10 nitrogen and oxygen atoms in total. The minimum Gasteiger partial charge on any atom is -0.497 e. The fraction of sp³-hybridized carbons (Fsp3) is 0.382. The van der Waals surface area contributed by atoms with E-state index in [1.54, 1.807) is 14.2 Å². The van der Waals surface area contributed by atoms with Crippen LogP contribution in [-0.2, 0) is 34.2 Å². The van der Waals surface area contributed by atoms with E-state index in [9.17, 15) is 14.4 Å². The van der Waals surface area contributed by atoms with Crippen LogP contribution < -0.4 is 20.5 Å². The number of hydrogen-bond donors (Lipinski definition) is 2. The van der Waals surface area contributed by atoms with Gasteiger partial charge in [-0.15, -0.1) is 0 Å². The number of carbonyl (C=O) groups excluding carboxylic acids is 3. The summed E-state index contributed by atoms with van der Waals surface area (Å²) in [5.41, 5.74) is 6.88. The highest BCUT2D eigenvalue weighted by Gasteiger charge is 2.67. The molecule has 6 atom stereocenters. The lowest BCUT2D eigenvalue weighted by atomic mass is 9.74. The number of hydrogen-bond acceptors (Lipinski definition) is 8. The van der Waals surface area contributed by atoms with Gasteiger partial charge in [-0.25, -0.2) is 0 Å². The first-order valence-corrected chi connectivity index (χ1v) is 14.7. The molecule has 3 aromatic carbocycles. The summed E-state index contributed by atoms with van der Waals surface area (Å²) in [5.74, 6) is -2.28. The van der Waals surface area contributed by atoms with Crippen molar-refractivity contribution < 1.29 is 38.1 Å². The number of amides is 2. The minimum absolute atomic E-state index is 0.376. The van der Waals surface area contributed by atoms with E-state index < -0.39 is 53.7 Å². The molecule has 2 heterocycles. The third-order valence-electron chi connectivity index (χ3n) is 8.35. The van der Waals surface area contributed by atoms with Gasteiger partial charge in [0.25, 0.3) is 0 Å². The highest BCUT2D eigenvalue weighted by atomic mass is 16.6. The van der Waals surface area contributed by atoms with Gasteiger partial charge in [-0.2, -0.15) is 0 Å². The van der Waals surface area contributed by atoms with Crippen molar-refractivity contribution in [1.82, 2.24) is 5.32 Å². The molecular weight excluding hydrogens is 564 g/mol. The maximum absolute atomic E-state index is 13.3. The summed E-state index contributed by atoms with van der Waals surface area (Å²) >= 11 is 0. The lowest BCUT2D eigenvalue weighted by Gasteiger charge is -2.43. The summed E-state index contributed by atoms with van der Waals surface area (Å²) < 4.78 is 30.2. The normalized spacial score (nSPS) is 24.0. The Labute approximate surface area is 256 Å². The summed E-state index contributed by atoms with van der Waals surface area (Å²) in [5, 5.41) is 2.85. The van der Waals surface area contributed by atoms with Gasteiger partial charge in [-0.05, 0) is 47.4 Å². The second-order valence-corrected chi connectivity index (χ2v) is 11.0. The average molecular weight is 603 g/mol. The molecule has 3 N–H and O–H groups in total. The van der Waals surface area contributed by atoms with Crippen LogP contribution in [0, 0.1) is 11.8 Å². The zero-order valence-corrected chi connectivity index (χ0v) is 25.2. The van der Waals surface area contributed by atoms with Gasteiger partial charge < -0.3 is 34.7 Å². The van der Waals surface area contributed by atoms with Crippen molar-refractivity contribution in [3.05, 3.63) is 95.6 Å². The van der Waals surface area contributed by atoms with E-state index in [4.69, 9.17) is 29.4 Å². The van der Waals surface area contributed by atoms with Gasteiger partial charge in [-0.1, -0.05) is 61.5 Å². The van der Waals surface area contributed by atoms with E-state index in [2.05, 4.69) is 5.32 Å². The van der Waals surface area contributed by atoms with Crippen molar-refractivity contribution in [2.75, 3.05) is 20.8 Å².